The fourth-order valence-corrected chi connectivity index (χ4v) is 3.07. The average Bonchev–Trinajstić information content (AvgIpc) is 3.35. The molecule has 2 heterocycles. The van der Waals surface area contributed by atoms with Gasteiger partial charge >= 0.3 is 0 Å². The van der Waals surface area contributed by atoms with Gasteiger partial charge in [-0.2, -0.15) is 11.3 Å². The summed E-state index contributed by atoms with van der Waals surface area (Å²) in [6, 6.07) is 27.1. The van der Waals surface area contributed by atoms with Crippen LogP contribution in [0.2, 0.25) is 0 Å². The Bertz CT molecular complexity index is 757. The molecule has 0 N–H and O–H groups in total. The van der Waals surface area contributed by atoms with Crippen molar-refractivity contribution in [1.29, 1.82) is 0 Å². The molecule has 1 aliphatic rings. The van der Waals surface area contributed by atoms with E-state index in [1.165, 1.54) is 22.3 Å². The zero-order valence-electron chi connectivity index (χ0n) is 13.7. The smallest absolute Gasteiger partial charge is 0.0267 e. The van der Waals surface area contributed by atoms with Crippen LogP contribution >= 0.6 is 11.3 Å². The third-order valence-electron chi connectivity index (χ3n) is 3.70. The Labute approximate surface area is 166 Å². The molecule has 4 aromatic rings. The Morgan fingerprint density at radius 1 is 0.600 bits per heavy atom. The minimum Gasteiger partial charge on any atom is -0.265 e. The van der Waals surface area contributed by atoms with E-state index in [1.54, 1.807) is 23.7 Å². The van der Waals surface area contributed by atoms with Crippen molar-refractivity contribution in [2.24, 2.45) is 0 Å². The molecule has 0 fully saturated rings. The summed E-state index contributed by atoms with van der Waals surface area (Å²) in [5, 5.41) is 4.08. The SMILES string of the molecule is [Ir].c1ccc2c(c1)Cc1ccccc1-2.c1ccncc1.c1ccsc1. The molecule has 0 aliphatic heterocycles. The first kappa shape index (κ1) is 19.3. The minimum atomic E-state index is 0. The molecule has 0 amide bonds. The quantitative estimate of drug-likeness (QED) is 0.241. The van der Waals surface area contributed by atoms with Gasteiger partial charge in [-0.05, 0) is 51.6 Å². The van der Waals surface area contributed by atoms with E-state index in [-0.39, 0.29) is 20.1 Å². The third-order valence-corrected chi connectivity index (χ3v) is 4.33. The molecule has 0 saturated heterocycles. The molecule has 2 aromatic carbocycles. The Balaban J connectivity index is 0.000000157. The first-order chi connectivity index (χ1) is 11.9. The second kappa shape index (κ2) is 10.7. The van der Waals surface area contributed by atoms with E-state index in [4.69, 9.17) is 0 Å². The molecule has 3 heteroatoms. The second-order valence-corrected chi connectivity index (χ2v) is 6.13. The van der Waals surface area contributed by atoms with Crippen molar-refractivity contribution >= 4 is 11.3 Å². The van der Waals surface area contributed by atoms with E-state index in [1.807, 2.05) is 41.1 Å². The molecule has 2 aromatic heterocycles. The molecule has 1 aliphatic carbocycles. The van der Waals surface area contributed by atoms with Crippen LogP contribution in [0.3, 0.4) is 0 Å². The molecule has 5 rings (SSSR count). The topological polar surface area (TPSA) is 12.9 Å². The molecule has 0 bridgehead atoms. The Morgan fingerprint density at radius 3 is 1.48 bits per heavy atom. The molecule has 25 heavy (non-hydrogen) atoms. The van der Waals surface area contributed by atoms with Crippen LogP contribution in [-0.2, 0) is 26.5 Å². The summed E-state index contributed by atoms with van der Waals surface area (Å²) in [6.07, 6.45) is 4.60. The number of benzene rings is 2. The number of aromatic nitrogens is 1. The van der Waals surface area contributed by atoms with Gasteiger partial charge in [0, 0.05) is 32.5 Å². The summed E-state index contributed by atoms with van der Waals surface area (Å²) < 4.78 is 0. The normalized spacial score (nSPS) is 9.92. The average molecular weight is 522 g/mol. The zero-order valence-corrected chi connectivity index (χ0v) is 16.9. The summed E-state index contributed by atoms with van der Waals surface area (Å²) in [5.41, 5.74) is 5.75. The standard InChI is InChI=1S/C13H10.C5H5N.C4H4S.Ir/c1-3-7-12-10(5-1)9-11-6-2-4-8-13(11)12;1-2-4-6-5-3-1;1-2-4-5-3-1;/h1-8H,9H2;1-5H;1-4H;. The van der Waals surface area contributed by atoms with Gasteiger partial charge in [0.05, 0.1) is 0 Å². The van der Waals surface area contributed by atoms with Gasteiger partial charge in [0.25, 0.3) is 0 Å². The van der Waals surface area contributed by atoms with Crippen LogP contribution in [-0.4, -0.2) is 4.98 Å². The number of thiophene rings is 1. The van der Waals surface area contributed by atoms with Crippen molar-refractivity contribution in [1.82, 2.24) is 4.98 Å². The molecule has 127 valence electrons. The van der Waals surface area contributed by atoms with Gasteiger partial charge in [-0.15, -0.1) is 0 Å². The minimum absolute atomic E-state index is 0. The predicted molar refractivity (Wildman–Crippen MR) is 103 cm³/mol. The van der Waals surface area contributed by atoms with Crippen LogP contribution in [0.5, 0.6) is 0 Å². The molecule has 1 nitrogen and oxygen atoms in total. The third kappa shape index (κ3) is 5.75. The summed E-state index contributed by atoms with van der Waals surface area (Å²) >= 11 is 1.71. The van der Waals surface area contributed by atoms with Crippen LogP contribution < -0.4 is 0 Å². The van der Waals surface area contributed by atoms with E-state index in [0.29, 0.717) is 0 Å². The van der Waals surface area contributed by atoms with Crippen LogP contribution in [0.1, 0.15) is 11.1 Å². The van der Waals surface area contributed by atoms with Gasteiger partial charge in [0.1, 0.15) is 0 Å². The Morgan fingerprint density at radius 2 is 1.12 bits per heavy atom. The van der Waals surface area contributed by atoms with Crippen molar-refractivity contribution in [2.75, 3.05) is 0 Å². The van der Waals surface area contributed by atoms with Crippen LogP contribution in [0.15, 0.2) is 102 Å². The number of fused-ring (bicyclic) bond motifs is 3. The molecule has 1 radical (unpaired) electrons. The number of pyridine rings is 1. The van der Waals surface area contributed by atoms with Gasteiger partial charge in [-0.3, -0.25) is 4.98 Å². The fourth-order valence-electron chi connectivity index (χ4n) is 2.62. The summed E-state index contributed by atoms with van der Waals surface area (Å²) in [6.45, 7) is 0. The maximum absolute atomic E-state index is 3.78. The van der Waals surface area contributed by atoms with Crippen LogP contribution in [0, 0.1) is 0 Å². The second-order valence-electron chi connectivity index (χ2n) is 5.31. The van der Waals surface area contributed by atoms with Gasteiger partial charge in [0.2, 0.25) is 0 Å². The molecular formula is C22H19IrNS. The van der Waals surface area contributed by atoms with E-state index in [2.05, 4.69) is 53.5 Å². The van der Waals surface area contributed by atoms with Gasteiger partial charge in [-0.25, -0.2) is 0 Å². The Kier molecular flexibility index (Phi) is 8.27. The van der Waals surface area contributed by atoms with E-state index < -0.39 is 0 Å². The van der Waals surface area contributed by atoms with Gasteiger partial charge in [-0.1, -0.05) is 66.7 Å². The monoisotopic (exact) mass is 522 g/mol. The zero-order chi connectivity index (χ0) is 16.5. The van der Waals surface area contributed by atoms with Crippen LogP contribution in [0.4, 0.5) is 0 Å². The largest absolute Gasteiger partial charge is 0.265 e. The van der Waals surface area contributed by atoms with E-state index in [0.717, 1.165) is 6.42 Å². The molecule has 0 saturated carbocycles. The van der Waals surface area contributed by atoms with Gasteiger partial charge in [0.15, 0.2) is 0 Å². The molecule has 0 spiro atoms. The van der Waals surface area contributed by atoms with E-state index >= 15 is 0 Å². The summed E-state index contributed by atoms with van der Waals surface area (Å²) in [4.78, 5) is 3.78. The van der Waals surface area contributed by atoms with Crippen LogP contribution in [0.25, 0.3) is 11.1 Å². The predicted octanol–water partition coefficient (Wildman–Crippen LogP) is 6.09. The number of nitrogens with zero attached hydrogens (tertiary/aromatic N) is 1. The van der Waals surface area contributed by atoms with Crippen molar-refractivity contribution in [2.45, 2.75) is 6.42 Å². The summed E-state index contributed by atoms with van der Waals surface area (Å²) in [5.74, 6) is 0. The van der Waals surface area contributed by atoms with Gasteiger partial charge < -0.3 is 0 Å². The Hall–Kier alpha value is -2.06. The number of rotatable bonds is 0. The molecular weight excluding hydrogens is 503 g/mol. The first-order valence-electron chi connectivity index (χ1n) is 7.93. The first-order valence-corrected chi connectivity index (χ1v) is 8.88. The fraction of sp³-hybridized carbons (Fsp3) is 0.0455. The van der Waals surface area contributed by atoms with Crippen molar-refractivity contribution in [3.8, 4) is 11.1 Å². The maximum Gasteiger partial charge on any atom is 0.0267 e. The maximum atomic E-state index is 3.78. The van der Waals surface area contributed by atoms with Crippen molar-refractivity contribution in [3.63, 3.8) is 0 Å². The molecule has 0 atom stereocenters. The van der Waals surface area contributed by atoms with E-state index in [9.17, 15) is 0 Å². The summed E-state index contributed by atoms with van der Waals surface area (Å²) in [7, 11) is 0. The van der Waals surface area contributed by atoms with Crippen molar-refractivity contribution in [3.05, 3.63) is 113 Å². The molecule has 0 unspecified atom stereocenters. The van der Waals surface area contributed by atoms with Crippen molar-refractivity contribution < 1.29 is 20.1 Å². The number of hydrogen-bond acceptors (Lipinski definition) is 2. The number of hydrogen-bond donors (Lipinski definition) is 0.